The van der Waals surface area contributed by atoms with Gasteiger partial charge >= 0.3 is 0 Å². The molecule has 0 atom stereocenters. The molecular weight excluding hydrogens is 188 g/mol. The lowest BCUT2D eigenvalue weighted by Crippen LogP contribution is -1.94. The maximum atomic E-state index is 10.5. The maximum absolute atomic E-state index is 10.5. The van der Waals surface area contributed by atoms with Crippen LogP contribution in [0.1, 0.15) is 0 Å². The highest BCUT2D eigenvalue weighted by Gasteiger charge is 2.15. The van der Waals surface area contributed by atoms with Crippen molar-refractivity contribution in [3.05, 3.63) is 22.2 Å². The van der Waals surface area contributed by atoms with Gasteiger partial charge in [0.2, 0.25) is 0 Å². The smallest absolute Gasteiger partial charge is 0.277 e. The minimum atomic E-state index is -0.565. The normalized spacial score (nSPS) is 9.57. The molecule has 0 aliphatic heterocycles. The predicted octanol–water partition coefficient (Wildman–Crippen LogP) is 1.53. The molecule has 1 aromatic rings. The second-order valence-electron chi connectivity index (χ2n) is 2.48. The highest BCUT2D eigenvalue weighted by atomic mass is 16.6. The SMILES string of the molecule is COc1cc([N+](=O)[O-])cc(OC)c1[NH]. The first-order valence-corrected chi connectivity index (χ1v) is 3.72. The molecule has 0 unspecified atom stereocenters. The number of methoxy groups -OCH3 is 2. The molecule has 0 saturated heterocycles. The molecule has 14 heavy (non-hydrogen) atoms. The zero-order valence-electron chi connectivity index (χ0n) is 7.73. The maximum Gasteiger partial charge on any atom is 0.277 e. The number of nitrogens with one attached hydrogen (secondary N) is 1. The average Bonchev–Trinajstić information content (AvgIpc) is 2.17. The molecule has 0 amide bonds. The highest BCUT2D eigenvalue weighted by Crippen LogP contribution is 2.36. The van der Waals surface area contributed by atoms with Gasteiger partial charge in [-0.2, -0.15) is 0 Å². The summed E-state index contributed by atoms with van der Waals surface area (Å²) >= 11 is 0. The summed E-state index contributed by atoms with van der Waals surface area (Å²) in [5.74, 6) is 0.243. The van der Waals surface area contributed by atoms with Crippen molar-refractivity contribution in [2.24, 2.45) is 0 Å². The summed E-state index contributed by atoms with van der Waals surface area (Å²) in [6.07, 6.45) is 0. The molecule has 0 aromatic heterocycles. The number of nitrogens with zero attached hydrogens (tertiary/aromatic N) is 1. The molecule has 1 rings (SSSR count). The van der Waals surface area contributed by atoms with E-state index in [1.54, 1.807) is 0 Å². The van der Waals surface area contributed by atoms with Gasteiger partial charge in [-0.3, -0.25) is 15.8 Å². The Kier molecular flexibility index (Phi) is 2.76. The predicted molar refractivity (Wildman–Crippen MR) is 49.0 cm³/mol. The fraction of sp³-hybridized carbons (Fsp3) is 0.250. The molecule has 1 N–H and O–H groups in total. The van der Waals surface area contributed by atoms with Crippen LogP contribution in [-0.2, 0) is 0 Å². The van der Waals surface area contributed by atoms with Gasteiger partial charge in [-0.1, -0.05) is 0 Å². The molecular formula is C8H9N2O4. The van der Waals surface area contributed by atoms with E-state index in [1.807, 2.05) is 0 Å². The molecule has 0 spiro atoms. The number of hydrogen-bond donors (Lipinski definition) is 0. The summed E-state index contributed by atoms with van der Waals surface area (Å²) in [6.45, 7) is 0. The van der Waals surface area contributed by atoms with Crippen molar-refractivity contribution in [1.82, 2.24) is 5.73 Å². The lowest BCUT2D eigenvalue weighted by Gasteiger charge is -2.07. The molecule has 0 fully saturated rings. The van der Waals surface area contributed by atoms with Crippen LogP contribution in [0, 0.1) is 10.1 Å². The Balaban J connectivity index is 3.32. The third-order valence-electron chi connectivity index (χ3n) is 1.70. The van der Waals surface area contributed by atoms with Crippen molar-refractivity contribution in [2.75, 3.05) is 14.2 Å². The van der Waals surface area contributed by atoms with Crippen molar-refractivity contribution in [3.63, 3.8) is 0 Å². The van der Waals surface area contributed by atoms with Gasteiger partial charge < -0.3 is 9.47 Å². The van der Waals surface area contributed by atoms with Gasteiger partial charge in [0.15, 0.2) is 11.5 Å². The summed E-state index contributed by atoms with van der Waals surface area (Å²) in [7, 11) is 2.69. The number of hydrogen-bond acceptors (Lipinski definition) is 4. The van der Waals surface area contributed by atoms with Crippen LogP contribution in [-0.4, -0.2) is 19.1 Å². The Labute approximate surface area is 80.4 Å². The van der Waals surface area contributed by atoms with E-state index in [0.717, 1.165) is 0 Å². The summed E-state index contributed by atoms with van der Waals surface area (Å²) in [5.41, 5.74) is 7.35. The Hall–Kier alpha value is -1.98. The fourth-order valence-corrected chi connectivity index (χ4v) is 1.00. The molecule has 0 bridgehead atoms. The van der Waals surface area contributed by atoms with E-state index in [0.29, 0.717) is 0 Å². The van der Waals surface area contributed by atoms with Crippen LogP contribution in [0.3, 0.4) is 0 Å². The minimum Gasteiger partial charge on any atom is -0.494 e. The number of ether oxygens (including phenoxy) is 2. The first kappa shape index (κ1) is 10.1. The van der Waals surface area contributed by atoms with Crippen LogP contribution in [0.15, 0.2) is 12.1 Å². The van der Waals surface area contributed by atoms with Crippen molar-refractivity contribution in [3.8, 4) is 11.5 Å². The summed E-state index contributed by atoms with van der Waals surface area (Å²) in [5, 5.41) is 10.5. The second-order valence-corrected chi connectivity index (χ2v) is 2.48. The summed E-state index contributed by atoms with van der Waals surface area (Å²) in [4.78, 5) is 9.92. The van der Waals surface area contributed by atoms with Crippen molar-refractivity contribution in [2.45, 2.75) is 0 Å². The first-order valence-electron chi connectivity index (χ1n) is 3.72. The number of nitro benzene ring substituents is 1. The van der Waals surface area contributed by atoms with E-state index in [4.69, 9.17) is 15.2 Å². The van der Waals surface area contributed by atoms with E-state index < -0.39 is 4.92 Å². The van der Waals surface area contributed by atoms with Crippen LogP contribution in [0.2, 0.25) is 0 Å². The number of benzene rings is 1. The number of non-ortho nitro benzene ring substituents is 1. The van der Waals surface area contributed by atoms with Crippen LogP contribution < -0.4 is 15.2 Å². The molecule has 0 aliphatic rings. The Morgan fingerprint density at radius 3 is 2.00 bits per heavy atom. The quantitative estimate of drug-likeness (QED) is 0.543. The zero-order valence-corrected chi connectivity index (χ0v) is 7.73. The standard InChI is InChI=1S/C8H9N2O4/c1-13-6-3-5(10(11)12)4-7(14-2)8(6)9/h3-4,9H,1-2H3. The van der Waals surface area contributed by atoms with E-state index in [2.05, 4.69) is 0 Å². The Morgan fingerprint density at radius 2 is 1.71 bits per heavy atom. The van der Waals surface area contributed by atoms with E-state index >= 15 is 0 Å². The molecule has 1 radical (unpaired) electrons. The van der Waals surface area contributed by atoms with E-state index in [9.17, 15) is 10.1 Å². The van der Waals surface area contributed by atoms with E-state index in [1.165, 1.54) is 26.4 Å². The Morgan fingerprint density at radius 1 is 1.29 bits per heavy atom. The molecule has 6 nitrogen and oxygen atoms in total. The monoisotopic (exact) mass is 197 g/mol. The first-order chi connectivity index (χ1) is 6.60. The number of rotatable bonds is 3. The summed E-state index contributed by atoms with van der Waals surface area (Å²) in [6, 6.07) is 2.37. The molecule has 0 aliphatic carbocycles. The van der Waals surface area contributed by atoms with Crippen LogP contribution in [0.4, 0.5) is 11.4 Å². The van der Waals surface area contributed by atoms with Gasteiger partial charge in [-0.25, -0.2) is 0 Å². The van der Waals surface area contributed by atoms with Crippen LogP contribution >= 0.6 is 0 Å². The third-order valence-corrected chi connectivity index (χ3v) is 1.70. The van der Waals surface area contributed by atoms with Gasteiger partial charge in [-0.15, -0.1) is 0 Å². The number of nitro groups is 1. The molecule has 0 saturated carbocycles. The zero-order chi connectivity index (χ0) is 10.7. The Bertz CT molecular complexity index is 339. The lowest BCUT2D eigenvalue weighted by atomic mass is 10.2. The highest BCUT2D eigenvalue weighted by molar-refractivity contribution is 5.65. The van der Waals surface area contributed by atoms with Crippen molar-refractivity contribution >= 4 is 11.4 Å². The topological polar surface area (TPSA) is 85.4 Å². The summed E-state index contributed by atoms with van der Waals surface area (Å²) < 4.78 is 9.61. The molecule has 1 aromatic carbocycles. The largest absolute Gasteiger partial charge is 0.494 e. The minimum absolute atomic E-state index is 0.000556. The van der Waals surface area contributed by atoms with Gasteiger partial charge in [0.1, 0.15) is 5.69 Å². The third kappa shape index (κ3) is 1.68. The lowest BCUT2D eigenvalue weighted by molar-refractivity contribution is -0.385. The van der Waals surface area contributed by atoms with E-state index in [-0.39, 0.29) is 22.9 Å². The van der Waals surface area contributed by atoms with Gasteiger partial charge in [-0.05, 0) is 0 Å². The molecule has 6 heteroatoms. The van der Waals surface area contributed by atoms with Gasteiger partial charge in [0.05, 0.1) is 31.3 Å². The van der Waals surface area contributed by atoms with Gasteiger partial charge in [0.25, 0.3) is 5.69 Å². The molecule has 0 heterocycles. The van der Waals surface area contributed by atoms with Crippen LogP contribution in [0.5, 0.6) is 11.5 Å². The van der Waals surface area contributed by atoms with Crippen molar-refractivity contribution < 1.29 is 14.4 Å². The average molecular weight is 197 g/mol. The fourth-order valence-electron chi connectivity index (χ4n) is 1.00. The van der Waals surface area contributed by atoms with Crippen LogP contribution in [0.25, 0.3) is 0 Å². The second kappa shape index (κ2) is 3.82. The van der Waals surface area contributed by atoms with Crippen molar-refractivity contribution in [1.29, 1.82) is 0 Å². The molecule has 75 valence electrons. The van der Waals surface area contributed by atoms with Gasteiger partial charge in [0, 0.05) is 0 Å².